The summed E-state index contributed by atoms with van der Waals surface area (Å²) in [6, 6.07) is 8.68. The molecule has 2 heterocycles. The Balaban J connectivity index is 1.66. The van der Waals surface area contributed by atoms with Crippen molar-refractivity contribution in [3.63, 3.8) is 0 Å². The van der Waals surface area contributed by atoms with Gasteiger partial charge in [-0.2, -0.15) is 0 Å². The van der Waals surface area contributed by atoms with Crippen LogP contribution in [0.3, 0.4) is 0 Å². The zero-order valence-electron chi connectivity index (χ0n) is 13.0. The van der Waals surface area contributed by atoms with Gasteiger partial charge in [0.25, 0.3) is 5.91 Å². The van der Waals surface area contributed by atoms with Crippen LogP contribution in [0.4, 0.5) is 5.82 Å². The molecule has 0 aliphatic carbocycles. The van der Waals surface area contributed by atoms with E-state index < -0.39 is 0 Å². The Labute approximate surface area is 150 Å². The largest absolute Gasteiger partial charge is 0.378 e. The highest BCUT2D eigenvalue weighted by Gasteiger charge is 2.14. The fourth-order valence-corrected chi connectivity index (χ4v) is 2.86. The Bertz CT molecular complexity index is 734. The number of carbonyl (C=O) groups is 1. The van der Waals surface area contributed by atoms with Gasteiger partial charge in [-0.25, -0.2) is 4.98 Å². The van der Waals surface area contributed by atoms with Crippen LogP contribution < -0.4 is 10.2 Å². The molecule has 1 aromatic carbocycles. The molecule has 7 heteroatoms. The number of carbonyl (C=O) groups excluding carboxylic acids is 1. The highest BCUT2D eigenvalue weighted by atomic mass is 35.5. The van der Waals surface area contributed by atoms with Crippen LogP contribution in [0.15, 0.2) is 36.5 Å². The van der Waals surface area contributed by atoms with E-state index in [9.17, 15) is 4.79 Å². The lowest BCUT2D eigenvalue weighted by Gasteiger charge is -2.28. The molecule has 1 N–H and O–H groups in total. The molecule has 0 bridgehead atoms. The number of ether oxygens (including phenoxy) is 1. The van der Waals surface area contributed by atoms with Crippen molar-refractivity contribution >= 4 is 34.9 Å². The minimum absolute atomic E-state index is 0.257. The molecule has 0 radical (unpaired) electrons. The molecule has 1 amide bonds. The van der Waals surface area contributed by atoms with Crippen LogP contribution in [-0.2, 0) is 11.3 Å². The van der Waals surface area contributed by atoms with Crippen LogP contribution in [0, 0.1) is 0 Å². The number of rotatable bonds is 4. The van der Waals surface area contributed by atoms with Crippen LogP contribution in [0.5, 0.6) is 0 Å². The highest BCUT2D eigenvalue weighted by Crippen LogP contribution is 2.21. The summed E-state index contributed by atoms with van der Waals surface area (Å²) < 4.78 is 5.35. The number of hydrogen-bond acceptors (Lipinski definition) is 4. The van der Waals surface area contributed by atoms with E-state index in [0.717, 1.165) is 24.5 Å². The number of aromatic nitrogens is 1. The van der Waals surface area contributed by atoms with E-state index in [2.05, 4.69) is 15.2 Å². The Morgan fingerprint density at radius 1 is 1.21 bits per heavy atom. The maximum absolute atomic E-state index is 12.3. The lowest BCUT2D eigenvalue weighted by molar-refractivity contribution is 0.0951. The van der Waals surface area contributed by atoms with Crippen molar-refractivity contribution in [2.75, 3.05) is 31.2 Å². The molecule has 24 heavy (non-hydrogen) atoms. The van der Waals surface area contributed by atoms with Crippen LogP contribution in [0.2, 0.25) is 10.0 Å². The number of benzene rings is 1. The van der Waals surface area contributed by atoms with Gasteiger partial charge in [-0.3, -0.25) is 4.79 Å². The second-order valence-electron chi connectivity index (χ2n) is 5.43. The number of pyridine rings is 1. The van der Waals surface area contributed by atoms with Gasteiger partial charge in [0.1, 0.15) is 5.82 Å². The van der Waals surface area contributed by atoms with Crippen LogP contribution in [0.25, 0.3) is 0 Å². The predicted molar refractivity (Wildman–Crippen MR) is 94.9 cm³/mol. The third kappa shape index (κ3) is 4.17. The minimum Gasteiger partial charge on any atom is -0.378 e. The molecule has 126 valence electrons. The molecular formula is C17H17Cl2N3O2. The number of amides is 1. The fraction of sp³-hybridized carbons (Fsp3) is 0.294. The number of halogens is 2. The average molecular weight is 366 g/mol. The first-order valence-corrected chi connectivity index (χ1v) is 8.40. The first-order valence-electron chi connectivity index (χ1n) is 7.64. The Hall–Kier alpha value is -1.82. The first kappa shape index (κ1) is 17.0. The SMILES string of the molecule is O=C(NCc1ccnc(N2CCOCC2)c1)c1cc(Cl)ccc1Cl. The van der Waals surface area contributed by atoms with Crippen molar-refractivity contribution in [1.29, 1.82) is 0 Å². The Morgan fingerprint density at radius 3 is 2.79 bits per heavy atom. The smallest absolute Gasteiger partial charge is 0.253 e. The molecule has 1 fully saturated rings. The molecule has 1 saturated heterocycles. The second-order valence-corrected chi connectivity index (χ2v) is 6.27. The summed E-state index contributed by atoms with van der Waals surface area (Å²) in [4.78, 5) is 18.8. The fourth-order valence-electron chi connectivity index (χ4n) is 2.48. The van der Waals surface area contributed by atoms with Crippen LogP contribution >= 0.6 is 23.2 Å². The quantitative estimate of drug-likeness (QED) is 0.903. The lowest BCUT2D eigenvalue weighted by atomic mass is 10.2. The number of nitrogens with zero attached hydrogens (tertiary/aromatic N) is 2. The summed E-state index contributed by atoms with van der Waals surface area (Å²) >= 11 is 12.0. The summed E-state index contributed by atoms with van der Waals surface area (Å²) in [6.07, 6.45) is 1.75. The minimum atomic E-state index is -0.257. The molecular weight excluding hydrogens is 349 g/mol. The van der Waals surface area contributed by atoms with Gasteiger partial charge in [-0.05, 0) is 35.9 Å². The van der Waals surface area contributed by atoms with Crippen molar-refractivity contribution in [1.82, 2.24) is 10.3 Å². The first-order chi connectivity index (χ1) is 11.6. The summed E-state index contributed by atoms with van der Waals surface area (Å²) in [5.41, 5.74) is 1.34. The molecule has 2 aromatic rings. The molecule has 1 aliphatic heterocycles. The molecule has 0 atom stereocenters. The van der Waals surface area contributed by atoms with Gasteiger partial charge in [0.2, 0.25) is 0 Å². The van der Waals surface area contributed by atoms with E-state index in [1.54, 1.807) is 24.4 Å². The topological polar surface area (TPSA) is 54.5 Å². The number of hydrogen-bond donors (Lipinski definition) is 1. The zero-order chi connectivity index (χ0) is 16.9. The molecule has 0 unspecified atom stereocenters. The molecule has 0 spiro atoms. The summed E-state index contributed by atoms with van der Waals surface area (Å²) in [7, 11) is 0. The van der Waals surface area contributed by atoms with Gasteiger partial charge in [-0.15, -0.1) is 0 Å². The summed E-state index contributed by atoms with van der Waals surface area (Å²) in [6.45, 7) is 3.44. The van der Waals surface area contributed by atoms with Gasteiger partial charge >= 0.3 is 0 Å². The third-order valence-corrected chi connectivity index (χ3v) is 4.34. The van der Waals surface area contributed by atoms with E-state index in [-0.39, 0.29) is 5.91 Å². The van der Waals surface area contributed by atoms with Gasteiger partial charge < -0.3 is 15.0 Å². The number of morpholine rings is 1. The third-order valence-electron chi connectivity index (χ3n) is 3.77. The molecule has 5 nitrogen and oxygen atoms in total. The lowest BCUT2D eigenvalue weighted by Crippen LogP contribution is -2.36. The normalized spacial score (nSPS) is 14.5. The van der Waals surface area contributed by atoms with E-state index in [4.69, 9.17) is 27.9 Å². The van der Waals surface area contributed by atoms with E-state index in [1.807, 2.05) is 12.1 Å². The standard InChI is InChI=1S/C17H17Cl2N3O2/c18-13-1-2-15(19)14(10-13)17(23)21-11-12-3-4-20-16(9-12)22-5-7-24-8-6-22/h1-4,9-10H,5-8,11H2,(H,21,23). The van der Waals surface area contributed by atoms with Crippen LogP contribution in [-0.4, -0.2) is 37.2 Å². The summed E-state index contributed by atoms with van der Waals surface area (Å²) in [5, 5.41) is 3.71. The zero-order valence-corrected chi connectivity index (χ0v) is 14.5. The van der Waals surface area contributed by atoms with E-state index in [0.29, 0.717) is 35.4 Å². The Kier molecular flexibility index (Phi) is 5.56. The van der Waals surface area contributed by atoms with Crippen LogP contribution in [0.1, 0.15) is 15.9 Å². The van der Waals surface area contributed by atoms with Crippen molar-refractivity contribution in [2.24, 2.45) is 0 Å². The van der Waals surface area contributed by atoms with Crippen molar-refractivity contribution in [3.05, 3.63) is 57.7 Å². The number of anilines is 1. The maximum Gasteiger partial charge on any atom is 0.253 e. The van der Waals surface area contributed by atoms with Crippen molar-refractivity contribution < 1.29 is 9.53 Å². The number of nitrogens with one attached hydrogen (secondary N) is 1. The highest BCUT2D eigenvalue weighted by molar-refractivity contribution is 6.35. The Morgan fingerprint density at radius 2 is 2.00 bits per heavy atom. The van der Waals surface area contributed by atoms with Gasteiger partial charge in [0.15, 0.2) is 0 Å². The van der Waals surface area contributed by atoms with Crippen molar-refractivity contribution in [3.8, 4) is 0 Å². The van der Waals surface area contributed by atoms with Gasteiger partial charge in [0.05, 0.1) is 23.8 Å². The van der Waals surface area contributed by atoms with Crippen molar-refractivity contribution in [2.45, 2.75) is 6.54 Å². The molecule has 3 rings (SSSR count). The second kappa shape index (κ2) is 7.83. The van der Waals surface area contributed by atoms with E-state index in [1.165, 1.54) is 0 Å². The molecule has 1 aliphatic rings. The predicted octanol–water partition coefficient (Wildman–Crippen LogP) is 3.16. The molecule has 1 aromatic heterocycles. The summed E-state index contributed by atoms with van der Waals surface area (Å²) in [5.74, 6) is 0.637. The average Bonchev–Trinajstić information content (AvgIpc) is 2.63. The van der Waals surface area contributed by atoms with E-state index >= 15 is 0 Å². The van der Waals surface area contributed by atoms with Gasteiger partial charge in [-0.1, -0.05) is 23.2 Å². The maximum atomic E-state index is 12.3. The molecule has 0 saturated carbocycles. The van der Waals surface area contributed by atoms with Gasteiger partial charge in [0, 0.05) is 30.9 Å². The monoisotopic (exact) mass is 365 g/mol.